The summed E-state index contributed by atoms with van der Waals surface area (Å²) < 4.78 is 0. The van der Waals surface area contributed by atoms with E-state index in [0.29, 0.717) is 19.0 Å². The van der Waals surface area contributed by atoms with Gasteiger partial charge in [-0.1, -0.05) is 30.3 Å². The molecule has 1 aliphatic rings. The van der Waals surface area contributed by atoms with Crippen molar-refractivity contribution in [2.24, 2.45) is 0 Å². The summed E-state index contributed by atoms with van der Waals surface area (Å²) in [6, 6.07) is 10.2. The van der Waals surface area contributed by atoms with E-state index in [-0.39, 0.29) is 17.0 Å². The van der Waals surface area contributed by atoms with Crippen LogP contribution in [0, 0.1) is 0 Å². The van der Waals surface area contributed by atoms with Gasteiger partial charge in [0.2, 0.25) is 0 Å². The fourth-order valence-electron chi connectivity index (χ4n) is 2.61. The van der Waals surface area contributed by atoms with Crippen LogP contribution in [0.25, 0.3) is 0 Å². The first-order chi connectivity index (χ1) is 9.75. The topological polar surface area (TPSA) is 66.1 Å². The number of carbonyl (C=O) groups excluding carboxylic acids is 1. The molecule has 1 atom stereocenters. The second-order valence-electron chi connectivity index (χ2n) is 4.94. The summed E-state index contributed by atoms with van der Waals surface area (Å²) in [5, 5.41) is 0. The van der Waals surface area contributed by atoms with Crippen molar-refractivity contribution < 1.29 is 4.79 Å². The summed E-state index contributed by atoms with van der Waals surface area (Å²) in [4.78, 5) is 31.9. The summed E-state index contributed by atoms with van der Waals surface area (Å²) in [6.07, 6.45) is 3.54. The first-order valence-corrected chi connectivity index (χ1v) is 6.62. The number of amides is 1. The summed E-state index contributed by atoms with van der Waals surface area (Å²) >= 11 is 0. The Bertz CT molecular complexity index is 666. The highest BCUT2D eigenvalue weighted by molar-refractivity contribution is 5.93. The second-order valence-corrected chi connectivity index (χ2v) is 4.94. The van der Waals surface area contributed by atoms with Gasteiger partial charge in [-0.2, -0.15) is 0 Å². The maximum Gasteiger partial charge on any atom is 0.263 e. The minimum absolute atomic E-state index is 0.112. The summed E-state index contributed by atoms with van der Waals surface area (Å²) in [7, 11) is 0. The van der Waals surface area contributed by atoms with Crippen molar-refractivity contribution in [1.29, 1.82) is 0 Å². The fraction of sp³-hybridized carbons (Fsp3) is 0.267. The molecule has 1 fully saturated rings. The van der Waals surface area contributed by atoms with Gasteiger partial charge in [-0.3, -0.25) is 9.59 Å². The molecule has 0 aliphatic carbocycles. The lowest BCUT2D eigenvalue weighted by Crippen LogP contribution is -2.33. The Morgan fingerprint density at radius 2 is 2.10 bits per heavy atom. The Labute approximate surface area is 116 Å². The van der Waals surface area contributed by atoms with E-state index in [4.69, 9.17) is 0 Å². The van der Waals surface area contributed by atoms with Crippen LogP contribution in [0.1, 0.15) is 28.3 Å². The van der Waals surface area contributed by atoms with Crippen molar-refractivity contribution in [2.75, 3.05) is 13.1 Å². The van der Waals surface area contributed by atoms with E-state index in [1.165, 1.54) is 18.1 Å². The van der Waals surface area contributed by atoms with Crippen molar-refractivity contribution in [3.05, 3.63) is 64.3 Å². The normalized spacial score (nSPS) is 18.2. The highest BCUT2D eigenvalue weighted by Crippen LogP contribution is 2.27. The van der Waals surface area contributed by atoms with Crippen LogP contribution in [0.2, 0.25) is 0 Å². The number of hydrogen-bond acceptors (Lipinski definition) is 3. The molecule has 0 spiro atoms. The lowest BCUT2D eigenvalue weighted by atomic mass is 9.99. The van der Waals surface area contributed by atoms with Gasteiger partial charge in [0.05, 0.1) is 6.33 Å². The van der Waals surface area contributed by atoms with Crippen LogP contribution >= 0.6 is 0 Å². The van der Waals surface area contributed by atoms with Gasteiger partial charge in [0.15, 0.2) is 0 Å². The van der Waals surface area contributed by atoms with Crippen LogP contribution in [0.4, 0.5) is 0 Å². The van der Waals surface area contributed by atoms with Crippen LogP contribution in [0.5, 0.6) is 0 Å². The van der Waals surface area contributed by atoms with E-state index in [2.05, 4.69) is 22.1 Å². The maximum absolute atomic E-state index is 12.3. The molecule has 1 aliphatic heterocycles. The third kappa shape index (κ3) is 2.34. The van der Waals surface area contributed by atoms with Crippen LogP contribution < -0.4 is 5.56 Å². The molecule has 0 unspecified atom stereocenters. The molecule has 102 valence electrons. The number of likely N-dealkylation sites (tertiary alicyclic amines) is 1. The van der Waals surface area contributed by atoms with Gasteiger partial charge in [-0.05, 0) is 12.0 Å². The molecule has 1 aromatic carbocycles. The van der Waals surface area contributed by atoms with E-state index >= 15 is 0 Å². The summed E-state index contributed by atoms with van der Waals surface area (Å²) in [6.45, 7) is 1.32. The summed E-state index contributed by atoms with van der Waals surface area (Å²) in [5.41, 5.74) is 0.970. The average Bonchev–Trinajstić information content (AvgIpc) is 2.98. The number of hydrogen-bond donors (Lipinski definition) is 1. The van der Waals surface area contributed by atoms with Crippen LogP contribution in [0.15, 0.2) is 47.7 Å². The van der Waals surface area contributed by atoms with Crippen LogP contribution in [0.3, 0.4) is 0 Å². The fourth-order valence-corrected chi connectivity index (χ4v) is 2.61. The van der Waals surface area contributed by atoms with Gasteiger partial charge in [-0.15, -0.1) is 0 Å². The zero-order valence-corrected chi connectivity index (χ0v) is 11.0. The Morgan fingerprint density at radius 3 is 2.85 bits per heavy atom. The Kier molecular flexibility index (Phi) is 3.33. The number of aromatic nitrogens is 2. The lowest BCUT2D eigenvalue weighted by molar-refractivity contribution is 0.0788. The summed E-state index contributed by atoms with van der Waals surface area (Å²) in [5.74, 6) is 0.105. The van der Waals surface area contributed by atoms with Crippen molar-refractivity contribution in [2.45, 2.75) is 12.3 Å². The minimum atomic E-state index is -0.381. The number of carbonyl (C=O) groups is 1. The standard InChI is InChI=1S/C15H15N3O2/c19-14-13(8-16-10-17-14)15(20)18-7-6-12(9-18)11-4-2-1-3-5-11/h1-5,8,10,12H,6-7,9H2,(H,16,17,19)/t12-/m1/s1. The van der Waals surface area contributed by atoms with Crippen molar-refractivity contribution in [1.82, 2.24) is 14.9 Å². The third-order valence-electron chi connectivity index (χ3n) is 3.70. The second kappa shape index (κ2) is 5.28. The highest BCUT2D eigenvalue weighted by Gasteiger charge is 2.28. The predicted molar refractivity (Wildman–Crippen MR) is 74.6 cm³/mol. The molecule has 1 saturated heterocycles. The van der Waals surface area contributed by atoms with Gasteiger partial charge in [0.25, 0.3) is 11.5 Å². The van der Waals surface area contributed by atoms with E-state index in [1.807, 2.05) is 18.2 Å². The molecule has 5 heteroatoms. The van der Waals surface area contributed by atoms with Crippen molar-refractivity contribution in [3.8, 4) is 0 Å². The maximum atomic E-state index is 12.3. The largest absolute Gasteiger partial charge is 0.338 e. The van der Waals surface area contributed by atoms with Gasteiger partial charge >= 0.3 is 0 Å². The quantitative estimate of drug-likeness (QED) is 0.896. The molecule has 0 saturated carbocycles. The Balaban J connectivity index is 1.76. The molecule has 0 bridgehead atoms. The first kappa shape index (κ1) is 12.6. The monoisotopic (exact) mass is 269 g/mol. The van der Waals surface area contributed by atoms with E-state index in [9.17, 15) is 9.59 Å². The molecular weight excluding hydrogens is 254 g/mol. The molecule has 2 aromatic rings. The Morgan fingerprint density at radius 1 is 1.30 bits per heavy atom. The van der Waals surface area contributed by atoms with Gasteiger partial charge < -0.3 is 9.88 Å². The van der Waals surface area contributed by atoms with Crippen molar-refractivity contribution in [3.63, 3.8) is 0 Å². The van der Waals surface area contributed by atoms with Gasteiger partial charge in [0, 0.05) is 25.2 Å². The lowest BCUT2D eigenvalue weighted by Gasteiger charge is -2.16. The zero-order chi connectivity index (χ0) is 13.9. The molecule has 3 rings (SSSR count). The number of nitrogens with one attached hydrogen (secondary N) is 1. The predicted octanol–water partition coefficient (Wildman–Crippen LogP) is 1.40. The minimum Gasteiger partial charge on any atom is -0.338 e. The molecule has 5 nitrogen and oxygen atoms in total. The number of rotatable bonds is 2. The smallest absolute Gasteiger partial charge is 0.263 e. The van der Waals surface area contributed by atoms with Crippen molar-refractivity contribution >= 4 is 5.91 Å². The van der Waals surface area contributed by atoms with E-state index < -0.39 is 0 Å². The van der Waals surface area contributed by atoms with E-state index in [0.717, 1.165) is 6.42 Å². The molecule has 20 heavy (non-hydrogen) atoms. The van der Waals surface area contributed by atoms with Crippen LogP contribution in [-0.2, 0) is 0 Å². The number of benzene rings is 1. The van der Waals surface area contributed by atoms with E-state index in [1.54, 1.807) is 4.90 Å². The molecular formula is C15H15N3O2. The molecule has 2 heterocycles. The number of aromatic amines is 1. The van der Waals surface area contributed by atoms with Gasteiger partial charge in [0.1, 0.15) is 5.56 Å². The zero-order valence-electron chi connectivity index (χ0n) is 11.0. The molecule has 1 N–H and O–H groups in total. The molecule has 1 amide bonds. The Hall–Kier alpha value is -2.43. The number of nitrogens with zero attached hydrogens (tertiary/aromatic N) is 2. The molecule has 0 radical (unpaired) electrons. The average molecular weight is 269 g/mol. The SMILES string of the molecule is O=C(c1cnc[nH]c1=O)N1CC[C@@H](c2ccccc2)C1. The number of H-pyrrole nitrogens is 1. The van der Waals surface area contributed by atoms with Gasteiger partial charge in [-0.25, -0.2) is 4.98 Å². The van der Waals surface area contributed by atoms with Crippen LogP contribution in [-0.4, -0.2) is 33.9 Å². The third-order valence-corrected chi connectivity index (χ3v) is 3.70. The molecule has 1 aromatic heterocycles. The first-order valence-electron chi connectivity index (χ1n) is 6.62. The highest BCUT2D eigenvalue weighted by atomic mass is 16.2.